The summed E-state index contributed by atoms with van der Waals surface area (Å²) in [5.74, 6) is 0. The Morgan fingerprint density at radius 1 is 0.786 bits per heavy atom. The van der Waals surface area contributed by atoms with Crippen molar-refractivity contribution >= 4 is 10.4 Å². The molecule has 0 atom stereocenters. The second-order valence-electron chi connectivity index (χ2n) is 8.17. The highest BCUT2D eigenvalue weighted by molar-refractivity contribution is 7.80. The van der Waals surface area contributed by atoms with Crippen LogP contribution in [0.25, 0.3) is 0 Å². The molecule has 0 aliphatic carbocycles. The minimum Gasteiger partial charge on any atom is -0.726 e. The lowest BCUT2D eigenvalue weighted by Gasteiger charge is -2.23. The molecule has 28 heavy (non-hydrogen) atoms. The Morgan fingerprint density at radius 2 is 1.21 bits per heavy atom. The Hall–Kier alpha value is -0.690. The van der Waals surface area contributed by atoms with Gasteiger partial charge in [0.05, 0.1) is 34.8 Å². The first-order valence-corrected chi connectivity index (χ1v) is 12.1. The van der Waals surface area contributed by atoms with E-state index in [0.717, 1.165) is 18.0 Å². The fraction of sp³-hybridized carbons (Fsp3) is 0.818. The normalized spacial score (nSPS) is 12.5. The summed E-state index contributed by atoms with van der Waals surface area (Å²) >= 11 is 0. The average Bonchev–Trinajstić information content (AvgIpc) is 2.60. The number of unbranched alkanes of at least 4 members (excludes halogenated alkanes) is 9. The second kappa shape index (κ2) is 19.6. The van der Waals surface area contributed by atoms with Gasteiger partial charge in [-0.25, -0.2) is 8.42 Å². The molecule has 0 aliphatic rings. The topological polar surface area (TPSA) is 66.4 Å². The lowest BCUT2D eigenvalue weighted by Crippen LogP contribution is -2.35. The van der Waals surface area contributed by atoms with Gasteiger partial charge in [0.15, 0.2) is 0 Å². The molecule has 0 radical (unpaired) electrons. The van der Waals surface area contributed by atoms with Crippen molar-refractivity contribution in [1.82, 2.24) is 0 Å². The SMILES string of the molecule is CCCCC/C=C\C/C=C\CCCCCCCC[N+](C)(C)C.COS(=O)(=O)[O-]. The molecule has 0 rings (SSSR count). The molecule has 0 fully saturated rings. The van der Waals surface area contributed by atoms with Crippen LogP contribution in [-0.2, 0) is 14.6 Å². The third-order valence-electron chi connectivity index (χ3n) is 4.23. The third-order valence-corrected chi connectivity index (χ3v) is 4.64. The molecule has 0 spiro atoms. The Labute approximate surface area is 175 Å². The number of hydrogen-bond acceptors (Lipinski definition) is 4. The molecule has 0 aromatic heterocycles. The quantitative estimate of drug-likeness (QED) is 0.107. The highest BCUT2D eigenvalue weighted by atomic mass is 32.3. The van der Waals surface area contributed by atoms with E-state index in [1.54, 1.807) is 0 Å². The molecule has 0 heterocycles. The van der Waals surface area contributed by atoms with Crippen LogP contribution in [0.1, 0.15) is 84.0 Å². The largest absolute Gasteiger partial charge is 0.726 e. The maximum absolute atomic E-state index is 9.22. The summed E-state index contributed by atoms with van der Waals surface area (Å²) in [6.45, 7) is 3.58. The summed E-state index contributed by atoms with van der Waals surface area (Å²) < 4.78 is 32.1. The van der Waals surface area contributed by atoms with Crippen LogP contribution in [-0.4, -0.2) is 52.3 Å². The van der Waals surface area contributed by atoms with Crippen LogP contribution in [0.15, 0.2) is 24.3 Å². The predicted molar refractivity (Wildman–Crippen MR) is 119 cm³/mol. The van der Waals surface area contributed by atoms with E-state index in [1.807, 2.05) is 0 Å². The molecule has 0 saturated carbocycles. The highest BCUT2D eigenvalue weighted by Crippen LogP contribution is 2.09. The van der Waals surface area contributed by atoms with Gasteiger partial charge in [-0.05, 0) is 44.9 Å². The average molecular weight is 420 g/mol. The maximum Gasteiger partial charge on any atom is 0.217 e. The number of allylic oxidation sites excluding steroid dienone is 4. The first kappa shape index (κ1) is 29.5. The Morgan fingerprint density at radius 3 is 1.64 bits per heavy atom. The lowest BCUT2D eigenvalue weighted by atomic mass is 10.1. The van der Waals surface area contributed by atoms with Gasteiger partial charge in [0.2, 0.25) is 10.4 Å². The van der Waals surface area contributed by atoms with E-state index in [-0.39, 0.29) is 0 Å². The van der Waals surface area contributed by atoms with Gasteiger partial charge in [-0.2, -0.15) is 0 Å². The minimum atomic E-state index is -4.41. The summed E-state index contributed by atoms with van der Waals surface area (Å²) in [6, 6.07) is 0. The first-order valence-electron chi connectivity index (χ1n) is 10.7. The zero-order valence-electron chi connectivity index (χ0n) is 19.0. The summed E-state index contributed by atoms with van der Waals surface area (Å²) in [5.41, 5.74) is 0. The van der Waals surface area contributed by atoms with E-state index in [1.165, 1.54) is 77.2 Å². The molecule has 0 N–H and O–H groups in total. The first-order chi connectivity index (χ1) is 13.1. The van der Waals surface area contributed by atoms with Crippen LogP contribution in [0.4, 0.5) is 0 Å². The Bertz CT molecular complexity index is 479. The van der Waals surface area contributed by atoms with E-state index < -0.39 is 10.4 Å². The second-order valence-corrected chi connectivity index (χ2v) is 9.32. The predicted octanol–water partition coefficient (Wildman–Crippen LogP) is 5.60. The Balaban J connectivity index is 0. The molecule has 0 aromatic carbocycles. The summed E-state index contributed by atoms with van der Waals surface area (Å²) in [5, 5.41) is 0. The fourth-order valence-electron chi connectivity index (χ4n) is 2.57. The zero-order chi connectivity index (χ0) is 21.7. The van der Waals surface area contributed by atoms with E-state index >= 15 is 0 Å². The van der Waals surface area contributed by atoms with Gasteiger partial charge in [0.25, 0.3) is 0 Å². The number of hydrogen-bond donors (Lipinski definition) is 0. The fourth-order valence-corrected chi connectivity index (χ4v) is 2.57. The van der Waals surface area contributed by atoms with Crippen molar-refractivity contribution in [3.8, 4) is 0 Å². The molecule has 0 aliphatic heterocycles. The zero-order valence-corrected chi connectivity index (χ0v) is 19.8. The van der Waals surface area contributed by atoms with Crippen LogP contribution in [0.2, 0.25) is 0 Å². The van der Waals surface area contributed by atoms with Gasteiger partial charge in [-0.3, -0.25) is 4.18 Å². The van der Waals surface area contributed by atoms with Crippen molar-refractivity contribution in [2.24, 2.45) is 0 Å². The minimum absolute atomic E-state index is 0.808. The van der Waals surface area contributed by atoms with Gasteiger partial charge in [0.1, 0.15) is 0 Å². The van der Waals surface area contributed by atoms with Crippen molar-refractivity contribution < 1.29 is 21.6 Å². The van der Waals surface area contributed by atoms with Gasteiger partial charge in [-0.1, -0.05) is 63.3 Å². The van der Waals surface area contributed by atoms with Crippen molar-refractivity contribution in [3.05, 3.63) is 24.3 Å². The molecule has 0 amide bonds. The Kier molecular flexibility index (Phi) is 20.7. The van der Waals surface area contributed by atoms with Crippen LogP contribution < -0.4 is 0 Å². The van der Waals surface area contributed by atoms with Crippen LogP contribution in [0, 0.1) is 0 Å². The van der Waals surface area contributed by atoms with Gasteiger partial charge >= 0.3 is 0 Å². The molecule has 0 saturated heterocycles. The number of quaternary nitrogens is 1. The highest BCUT2D eigenvalue weighted by Gasteiger charge is 2.04. The molecule has 168 valence electrons. The van der Waals surface area contributed by atoms with E-state index in [9.17, 15) is 13.0 Å². The van der Waals surface area contributed by atoms with Crippen LogP contribution in [0.3, 0.4) is 0 Å². The molecule has 0 unspecified atom stereocenters. The van der Waals surface area contributed by atoms with Crippen molar-refractivity contribution in [2.45, 2.75) is 84.0 Å². The molecule has 0 aromatic rings. The monoisotopic (exact) mass is 419 g/mol. The summed E-state index contributed by atoms with van der Waals surface area (Å²) in [6.07, 6.45) is 25.5. The van der Waals surface area contributed by atoms with Gasteiger partial charge in [0, 0.05) is 0 Å². The lowest BCUT2D eigenvalue weighted by molar-refractivity contribution is -0.870. The van der Waals surface area contributed by atoms with Crippen molar-refractivity contribution in [1.29, 1.82) is 0 Å². The van der Waals surface area contributed by atoms with E-state index in [0.29, 0.717) is 0 Å². The van der Waals surface area contributed by atoms with Gasteiger partial charge in [-0.15, -0.1) is 0 Å². The summed E-state index contributed by atoms with van der Waals surface area (Å²) in [4.78, 5) is 0. The standard InChI is InChI=1S/C21H42N.CH4O4S/c1-5-6-7-8-9-10-11-12-13-14-15-16-17-18-19-20-21-22(2,3)4;1-5-6(2,3)4/h9-10,12-13H,5-8,11,14-21H2,1-4H3;1H3,(H,2,3,4)/q+1;/p-1/b10-9-,13-12-;. The van der Waals surface area contributed by atoms with Crippen molar-refractivity contribution in [3.63, 3.8) is 0 Å². The molecular formula is C22H45NO4S. The van der Waals surface area contributed by atoms with Crippen LogP contribution in [0.5, 0.6) is 0 Å². The molecule has 0 bridgehead atoms. The van der Waals surface area contributed by atoms with E-state index in [2.05, 4.69) is 56.6 Å². The summed E-state index contributed by atoms with van der Waals surface area (Å²) in [7, 11) is 3.25. The van der Waals surface area contributed by atoms with Crippen molar-refractivity contribution in [2.75, 3.05) is 34.8 Å². The molecule has 5 nitrogen and oxygen atoms in total. The van der Waals surface area contributed by atoms with Crippen LogP contribution >= 0.6 is 0 Å². The molecule has 6 heteroatoms. The number of rotatable bonds is 16. The maximum atomic E-state index is 9.22. The van der Waals surface area contributed by atoms with Gasteiger partial charge < -0.3 is 9.04 Å². The number of nitrogens with zero attached hydrogens (tertiary/aromatic N) is 1. The van der Waals surface area contributed by atoms with E-state index in [4.69, 9.17) is 0 Å². The third kappa shape index (κ3) is 32.9. The smallest absolute Gasteiger partial charge is 0.217 e. The molecular weight excluding hydrogens is 374 g/mol.